The zero-order valence-electron chi connectivity index (χ0n) is 11.8. The van der Waals surface area contributed by atoms with Crippen molar-refractivity contribution in [2.45, 2.75) is 25.4 Å². The maximum absolute atomic E-state index is 11.8. The normalized spacial score (nSPS) is 20.8. The summed E-state index contributed by atoms with van der Waals surface area (Å²) in [6, 6.07) is 4.60. The summed E-state index contributed by atoms with van der Waals surface area (Å²) in [5.74, 6) is 0.190. The van der Waals surface area contributed by atoms with Crippen LogP contribution in [0.15, 0.2) is 24.5 Å². The van der Waals surface area contributed by atoms with Gasteiger partial charge in [-0.2, -0.15) is 0 Å². The predicted octanol–water partition coefficient (Wildman–Crippen LogP) is 0.478. The van der Waals surface area contributed by atoms with E-state index < -0.39 is 0 Å². The molecular formula is C15H22N4O. The Morgan fingerprint density at radius 1 is 1.15 bits per heavy atom. The van der Waals surface area contributed by atoms with E-state index in [1.807, 2.05) is 12.4 Å². The molecule has 1 N–H and O–H groups in total. The Kier molecular flexibility index (Phi) is 4.28. The quantitative estimate of drug-likeness (QED) is 0.848. The zero-order chi connectivity index (χ0) is 13.8. The van der Waals surface area contributed by atoms with Gasteiger partial charge in [0.15, 0.2) is 0 Å². The van der Waals surface area contributed by atoms with E-state index in [0.29, 0.717) is 12.6 Å². The summed E-state index contributed by atoms with van der Waals surface area (Å²) in [4.78, 5) is 20.5. The molecule has 1 aliphatic carbocycles. The Morgan fingerprint density at radius 2 is 1.80 bits per heavy atom. The minimum Gasteiger partial charge on any atom is -0.352 e. The maximum atomic E-state index is 11.8. The van der Waals surface area contributed by atoms with E-state index in [4.69, 9.17) is 0 Å². The first-order valence-corrected chi connectivity index (χ1v) is 7.42. The maximum Gasteiger partial charge on any atom is 0.234 e. The van der Waals surface area contributed by atoms with Crippen molar-refractivity contribution < 1.29 is 4.79 Å². The number of hydrogen-bond donors (Lipinski definition) is 1. The molecule has 2 heterocycles. The predicted molar refractivity (Wildman–Crippen MR) is 77.1 cm³/mol. The van der Waals surface area contributed by atoms with Crippen LogP contribution in [-0.4, -0.2) is 59.5 Å². The van der Waals surface area contributed by atoms with Crippen LogP contribution in [0.25, 0.3) is 0 Å². The molecular weight excluding hydrogens is 252 g/mol. The third kappa shape index (κ3) is 4.02. The molecule has 0 unspecified atom stereocenters. The van der Waals surface area contributed by atoms with Crippen LogP contribution in [0.4, 0.5) is 0 Å². The SMILES string of the molecule is O=C(CN1CCN(Cc2ccncc2)CC1)NC1CC1. The minimum absolute atomic E-state index is 0.190. The number of carbonyl (C=O) groups is 1. The summed E-state index contributed by atoms with van der Waals surface area (Å²) in [6.45, 7) is 5.54. The fourth-order valence-corrected chi connectivity index (χ4v) is 2.56. The van der Waals surface area contributed by atoms with Crippen molar-refractivity contribution in [3.63, 3.8) is 0 Å². The molecule has 1 amide bonds. The van der Waals surface area contributed by atoms with Gasteiger partial charge in [-0.05, 0) is 30.5 Å². The van der Waals surface area contributed by atoms with Crippen molar-refractivity contribution in [1.82, 2.24) is 20.1 Å². The van der Waals surface area contributed by atoms with E-state index in [1.165, 1.54) is 5.56 Å². The van der Waals surface area contributed by atoms with Crippen LogP contribution >= 0.6 is 0 Å². The number of nitrogens with one attached hydrogen (secondary N) is 1. The highest BCUT2D eigenvalue weighted by Gasteiger charge is 2.25. The lowest BCUT2D eigenvalue weighted by atomic mass is 10.2. The van der Waals surface area contributed by atoms with E-state index in [1.54, 1.807) is 0 Å². The Labute approximate surface area is 120 Å². The summed E-state index contributed by atoms with van der Waals surface area (Å²) < 4.78 is 0. The van der Waals surface area contributed by atoms with Gasteiger partial charge in [0, 0.05) is 51.2 Å². The van der Waals surface area contributed by atoms with E-state index in [-0.39, 0.29) is 5.91 Å². The molecule has 0 spiro atoms. The first kappa shape index (κ1) is 13.5. The largest absolute Gasteiger partial charge is 0.352 e. The molecule has 1 saturated carbocycles. The number of carbonyl (C=O) groups excluding carboxylic acids is 1. The number of nitrogens with zero attached hydrogens (tertiary/aromatic N) is 3. The first-order chi connectivity index (χ1) is 9.79. The number of rotatable bonds is 5. The van der Waals surface area contributed by atoms with Gasteiger partial charge < -0.3 is 5.32 Å². The molecule has 108 valence electrons. The van der Waals surface area contributed by atoms with Crippen LogP contribution in [0, 0.1) is 0 Å². The van der Waals surface area contributed by atoms with Crippen LogP contribution in [-0.2, 0) is 11.3 Å². The molecule has 2 fully saturated rings. The van der Waals surface area contributed by atoms with Crippen LogP contribution in [0.5, 0.6) is 0 Å². The van der Waals surface area contributed by atoms with Crippen LogP contribution in [0.3, 0.4) is 0 Å². The van der Waals surface area contributed by atoms with Gasteiger partial charge in [0.2, 0.25) is 5.91 Å². The van der Waals surface area contributed by atoms with Crippen molar-refractivity contribution in [1.29, 1.82) is 0 Å². The van der Waals surface area contributed by atoms with Gasteiger partial charge in [-0.1, -0.05) is 0 Å². The van der Waals surface area contributed by atoms with Gasteiger partial charge in [-0.25, -0.2) is 0 Å². The Balaban J connectivity index is 1.39. The average Bonchev–Trinajstić information content (AvgIpc) is 3.26. The highest BCUT2D eigenvalue weighted by atomic mass is 16.2. The molecule has 1 aromatic rings. The van der Waals surface area contributed by atoms with Gasteiger partial charge in [-0.15, -0.1) is 0 Å². The monoisotopic (exact) mass is 274 g/mol. The van der Waals surface area contributed by atoms with Gasteiger partial charge in [0.05, 0.1) is 6.54 Å². The topological polar surface area (TPSA) is 48.5 Å². The minimum atomic E-state index is 0.190. The van der Waals surface area contributed by atoms with E-state index in [2.05, 4.69) is 32.2 Å². The molecule has 5 heteroatoms. The molecule has 0 radical (unpaired) electrons. The highest BCUT2D eigenvalue weighted by molar-refractivity contribution is 5.78. The summed E-state index contributed by atoms with van der Waals surface area (Å²) in [7, 11) is 0. The van der Waals surface area contributed by atoms with Crippen LogP contribution < -0.4 is 5.32 Å². The number of amides is 1. The molecule has 1 aliphatic heterocycles. The fourth-order valence-electron chi connectivity index (χ4n) is 2.56. The van der Waals surface area contributed by atoms with Crippen molar-refractivity contribution in [2.75, 3.05) is 32.7 Å². The van der Waals surface area contributed by atoms with E-state index >= 15 is 0 Å². The number of aromatic nitrogens is 1. The molecule has 0 atom stereocenters. The second kappa shape index (κ2) is 6.33. The van der Waals surface area contributed by atoms with Crippen molar-refractivity contribution in [2.24, 2.45) is 0 Å². The van der Waals surface area contributed by atoms with Crippen LogP contribution in [0.1, 0.15) is 18.4 Å². The molecule has 1 aromatic heterocycles. The van der Waals surface area contributed by atoms with Crippen molar-refractivity contribution >= 4 is 5.91 Å². The lowest BCUT2D eigenvalue weighted by molar-refractivity contribution is -0.122. The Hall–Kier alpha value is -1.46. The lowest BCUT2D eigenvalue weighted by Crippen LogP contribution is -2.49. The van der Waals surface area contributed by atoms with Gasteiger partial charge in [0.25, 0.3) is 0 Å². The van der Waals surface area contributed by atoms with Crippen molar-refractivity contribution in [3.05, 3.63) is 30.1 Å². The highest BCUT2D eigenvalue weighted by Crippen LogP contribution is 2.18. The van der Waals surface area contributed by atoms with Gasteiger partial charge in [-0.3, -0.25) is 19.6 Å². The number of piperazine rings is 1. The Bertz CT molecular complexity index is 438. The smallest absolute Gasteiger partial charge is 0.234 e. The molecule has 0 bridgehead atoms. The van der Waals surface area contributed by atoms with Crippen LogP contribution in [0.2, 0.25) is 0 Å². The first-order valence-electron chi connectivity index (χ1n) is 7.42. The van der Waals surface area contributed by atoms with E-state index in [9.17, 15) is 4.79 Å². The molecule has 0 aromatic carbocycles. The van der Waals surface area contributed by atoms with Crippen molar-refractivity contribution in [3.8, 4) is 0 Å². The lowest BCUT2D eigenvalue weighted by Gasteiger charge is -2.34. The number of pyridine rings is 1. The third-order valence-electron chi connectivity index (χ3n) is 3.93. The third-order valence-corrected chi connectivity index (χ3v) is 3.93. The van der Waals surface area contributed by atoms with E-state index in [0.717, 1.165) is 45.6 Å². The van der Waals surface area contributed by atoms with Gasteiger partial charge in [0.1, 0.15) is 0 Å². The standard InChI is InChI=1S/C15H22N4O/c20-15(17-14-1-2-14)12-19-9-7-18(8-10-19)11-13-3-5-16-6-4-13/h3-6,14H,1-2,7-12H2,(H,17,20). The summed E-state index contributed by atoms with van der Waals surface area (Å²) in [6.07, 6.45) is 6.00. The Morgan fingerprint density at radius 3 is 2.45 bits per heavy atom. The average molecular weight is 274 g/mol. The molecule has 20 heavy (non-hydrogen) atoms. The zero-order valence-corrected chi connectivity index (χ0v) is 11.8. The van der Waals surface area contributed by atoms with Gasteiger partial charge >= 0.3 is 0 Å². The molecule has 3 rings (SSSR count). The second-order valence-corrected chi connectivity index (χ2v) is 5.75. The molecule has 5 nitrogen and oxygen atoms in total. The summed E-state index contributed by atoms with van der Waals surface area (Å²) in [5.41, 5.74) is 1.31. The molecule has 1 saturated heterocycles. The summed E-state index contributed by atoms with van der Waals surface area (Å²) in [5, 5.41) is 3.05. The number of hydrogen-bond acceptors (Lipinski definition) is 4. The fraction of sp³-hybridized carbons (Fsp3) is 0.600. The summed E-state index contributed by atoms with van der Waals surface area (Å²) >= 11 is 0. The second-order valence-electron chi connectivity index (χ2n) is 5.75. The molecule has 2 aliphatic rings.